The van der Waals surface area contributed by atoms with Gasteiger partial charge in [0, 0.05) is 45.5 Å². The molecule has 0 aliphatic carbocycles. The van der Waals surface area contributed by atoms with Crippen molar-refractivity contribution in [2.24, 2.45) is 10.5 Å². The molecule has 2 aromatic heterocycles. The molecule has 0 unspecified atom stereocenters. The number of aliphatic hydroxyl groups is 1. The molecule has 7 aromatic rings. The van der Waals surface area contributed by atoms with Crippen LogP contribution in [0.2, 0.25) is 0 Å². The van der Waals surface area contributed by atoms with E-state index in [-0.39, 0.29) is 60.6 Å². The van der Waals surface area contributed by atoms with Crippen molar-refractivity contribution in [2.45, 2.75) is 104 Å². The molecule has 0 bridgehead atoms. The maximum atomic E-state index is 14.1. The number of carbonyl (C=O) groups excluding carboxylic acids is 4. The number of aromatic hydroxyl groups is 2. The summed E-state index contributed by atoms with van der Waals surface area (Å²) in [6.45, 7) is 10.1. The summed E-state index contributed by atoms with van der Waals surface area (Å²) in [6, 6.07) is 32.9. The van der Waals surface area contributed by atoms with E-state index in [4.69, 9.17) is 4.74 Å². The number of unbranched alkanes of at least 4 members (excludes halogenated alkanes) is 4. The van der Waals surface area contributed by atoms with Crippen LogP contribution >= 0.6 is 22.7 Å². The second-order valence-corrected chi connectivity index (χ2v) is 22.0. The predicted octanol–water partition coefficient (Wildman–Crippen LogP) is 10.9. The highest BCUT2D eigenvalue weighted by molar-refractivity contribution is 7.23. The van der Waals surface area contributed by atoms with Gasteiger partial charge in [-0.3, -0.25) is 19.2 Å². The number of phenolic OH excluding ortho intramolecular Hbond substituents is 2. The van der Waals surface area contributed by atoms with Crippen molar-refractivity contribution in [2.75, 3.05) is 13.2 Å². The number of likely N-dealkylation sites (tertiary alicyclic amines) is 1. The van der Waals surface area contributed by atoms with Gasteiger partial charge in [-0.25, -0.2) is 10.4 Å². The molecule has 75 heavy (non-hydrogen) atoms. The van der Waals surface area contributed by atoms with Gasteiger partial charge in [-0.2, -0.15) is 5.10 Å². The average Bonchev–Trinajstić information content (AvgIpc) is 4.13. The summed E-state index contributed by atoms with van der Waals surface area (Å²) in [5, 5.41) is 41.8. The number of hydrogen-bond donors (Lipinski definition) is 6. The number of thiophene rings is 1. The van der Waals surface area contributed by atoms with E-state index < -0.39 is 23.6 Å². The Morgan fingerprint density at radius 2 is 1.47 bits per heavy atom. The van der Waals surface area contributed by atoms with Gasteiger partial charge in [0.15, 0.2) is 0 Å². The first kappa shape index (κ1) is 53.9. The lowest BCUT2D eigenvalue weighted by Gasteiger charge is -2.35. The number of amides is 4. The second-order valence-electron chi connectivity index (χ2n) is 20.1. The Hall–Kier alpha value is -7.40. The first-order valence-corrected chi connectivity index (χ1v) is 27.0. The Morgan fingerprint density at radius 1 is 0.813 bits per heavy atom. The molecule has 1 saturated heterocycles. The Balaban J connectivity index is 0.729. The Bertz CT molecular complexity index is 3130. The van der Waals surface area contributed by atoms with Crippen molar-refractivity contribution >= 4 is 62.6 Å². The van der Waals surface area contributed by atoms with Crippen LogP contribution in [0.4, 0.5) is 0 Å². The molecule has 3 heterocycles. The molecule has 0 spiro atoms. The van der Waals surface area contributed by atoms with E-state index >= 15 is 0 Å². The monoisotopic (exact) mass is 1050 g/mol. The van der Waals surface area contributed by atoms with Crippen molar-refractivity contribution in [1.29, 1.82) is 0 Å². The van der Waals surface area contributed by atoms with Crippen molar-refractivity contribution in [3.8, 4) is 49.3 Å². The molecule has 4 atom stereocenters. The lowest BCUT2D eigenvalue weighted by atomic mass is 9.85. The normalized spacial score (nSPS) is 15.5. The van der Waals surface area contributed by atoms with Crippen LogP contribution in [-0.4, -0.2) is 86.4 Å². The number of thiazole rings is 1. The maximum Gasteiger partial charge on any atom is 0.271 e. The zero-order valence-electron chi connectivity index (χ0n) is 42.8. The predicted molar refractivity (Wildman–Crippen MR) is 297 cm³/mol. The fourth-order valence-corrected chi connectivity index (χ4v) is 11.3. The van der Waals surface area contributed by atoms with Crippen LogP contribution in [0.1, 0.15) is 106 Å². The number of aliphatic hydroxyl groups excluding tert-OH is 1. The zero-order chi connectivity index (χ0) is 53.2. The van der Waals surface area contributed by atoms with E-state index in [0.29, 0.717) is 24.3 Å². The highest BCUT2D eigenvalue weighted by atomic mass is 32.1. The molecule has 0 radical (unpaired) electrons. The summed E-state index contributed by atoms with van der Waals surface area (Å²) in [7, 11) is 0. The Kier molecular flexibility index (Phi) is 17.5. The number of ether oxygens (including phenoxy) is 1. The fraction of sp³-hybridized carbons (Fsp3) is 0.322. The largest absolute Gasteiger partial charge is 0.508 e. The average molecular weight is 1050 g/mol. The van der Waals surface area contributed by atoms with Crippen molar-refractivity contribution in [3.63, 3.8) is 0 Å². The minimum Gasteiger partial charge on any atom is -0.508 e. The SMILES string of the molecule is Cc1ncsc1-c1ccc([C@H](C)NC(=O)[C@@H]2C[C@@H](O)CN2C(=O)[C@@H](NC(=O)CCCCCCCOc2ccc(/C=N/NC(=O)c3ccc(-c4c(-c5ccc(O)cc5)sc5cc(O)ccc45)cc3)cc2)C(C)(C)C)cc1. The van der Waals surface area contributed by atoms with E-state index in [0.717, 1.165) is 84.6 Å². The van der Waals surface area contributed by atoms with E-state index in [1.165, 1.54) is 4.90 Å². The number of nitrogens with one attached hydrogen (secondary N) is 3. The van der Waals surface area contributed by atoms with Crippen LogP contribution in [-0.2, 0) is 14.4 Å². The third-order valence-electron chi connectivity index (χ3n) is 13.4. The van der Waals surface area contributed by atoms with Gasteiger partial charge in [0.25, 0.3) is 5.91 Å². The Labute approximate surface area is 445 Å². The van der Waals surface area contributed by atoms with E-state index in [1.54, 1.807) is 65.3 Å². The second kappa shape index (κ2) is 24.3. The van der Waals surface area contributed by atoms with Gasteiger partial charge in [0.2, 0.25) is 17.7 Å². The van der Waals surface area contributed by atoms with Crippen LogP contribution in [0.15, 0.2) is 126 Å². The van der Waals surface area contributed by atoms with Gasteiger partial charge in [0.1, 0.15) is 29.3 Å². The van der Waals surface area contributed by atoms with Crippen molar-refractivity contribution < 1.29 is 39.2 Å². The topological polar surface area (TPSA) is 203 Å². The minimum absolute atomic E-state index is 0.0111. The smallest absolute Gasteiger partial charge is 0.271 e. The molecule has 1 aliphatic rings. The van der Waals surface area contributed by atoms with Crippen LogP contribution in [0.5, 0.6) is 17.2 Å². The minimum atomic E-state index is -0.882. The summed E-state index contributed by atoms with van der Waals surface area (Å²) in [4.78, 5) is 61.9. The number of benzene rings is 5. The lowest BCUT2D eigenvalue weighted by molar-refractivity contribution is -0.144. The molecule has 1 aliphatic heterocycles. The lowest BCUT2D eigenvalue weighted by Crippen LogP contribution is -2.57. The molecule has 14 nitrogen and oxygen atoms in total. The summed E-state index contributed by atoms with van der Waals surface area (Å²) >= 11 is 3.13. The number of fused-ring (bicyclic) bond motifs is 1. The first-order chi connectivity index (χ1) is 36.0. The molecule has 8 rings (SSSR count). The standard InChI is InChI=1S/C59H64N6O8S2/c1-36(39-14-18-41(19-15-39)53-37(2)60-35-74-53)62-57(71)49-31-46(68)34-65(49)58(72)55(59(3,4)5)63-51(69)11-9-7-6-8-10-30-73-47-27-12-38(13-28-47)33-61-64-56(70)43-20-16-40(17-21-43)52-48-29-26-45(67)32-50(48)75-54(52)42-22-24-44(66)25-23-42/h12-29,32-33,35-36,46,49,55,66-68H,6-11,30-31,34H2,1-5H3,(H,62,71)(H,63,69)(H,64,70)/b61-33+/t36-,46+,49-,55+/m0/s1. The van der Waals surface area contributed by atoms with Gasteiger partial charge in [-0.05, 0) is 139 Å². The fourth-order valence-electron chi connectivity index (χ4n) is 9.21. The van der Waals surface area contributed by atoms with Crippen molar-refractivity contribution in [1.82, 2.24) is 25.9 Å². The number of hydrazone groups is 1. The van der Waals surface area contributed by atoms with Crippen LogP contribution < -0.4 is 20.8 Å². The molecule has 16 heteroatoms. The molecular formula is C59H64N6O8S2. The quantitative estimate of drug-likeness (QED) is 0.0244. The van der Waals surface area contributed by atoms with Crippen LogP contribution in [0.3, 0.4) is 0 Å². The number of phenols is 2. The van der Waals surface area contributed by atoms with E-state index in [1.807, 2.05) is 119 Å². The summed E-state index contributed by atoms with van der Waals surface area (Å²) < 4.78 is 6.88. The number of nitrogens with zero attached hydrogens (tertiary/aromatic N) is 3. The van der Waals surface area contributed by atoms with Crippen molar-refractivity contribution in [3.05, 3.63) is 143 Å². The zero-order valence-corrected chi connectivity index (χ0v) is 44.5. The highest BCUT2D eigenvalue weighted by Gasteiger charge is 2.44. The van der Waals surface area contributed by atoms with Crippen LogP contribution in [0, 0.1) is 12.3 Å². The molecule has 0 saturated carbocycles. The molecule has 4 amide bonds. The number of aromatic nitrogens is 1. The molecule has 1 fully saturated rings. The number of rotatable bonds is 20. The number of β-amino-alcohol motifs (C(OH)–C–C–N with tert-alkyl or cyclic N) is 1. The molecule has 5 aromatic carbocycles. The maximum absolute atomic E-state index is 14.1. The highest BCUT2D eigenvalue weighted by Crippen LogP contribution is 2.46. The first-order valence-electron chi connectivity index (χ1n) is 25.3. The molecular weight excluding hydrogens is 985 g/mol. The molecule has 390 valence electrons. The number of carbonyl (C=O) groups is 4. The third-order valence-corrected chi connectivity index (χ3v) is 15.6. The summed E-state index contributed by atoms with van der Waals surface area (Å²) in [5.41, 5.74) is 10.7. The number of aryl methyl sites for hydroxylation is 1. The van der Waals surface area contributed by atoms with Gasteiger partial charge in [-0.1, -0.05) is 76.4 Å². The van der Waals surface area contributed by atoms with Gasteiger partial charge < -0.3 is 35.6 Å². The van der Waals surface area contributed by atoms with Gasteiger partial charge in [-0.15, -0.1) is 22.7 Å². The summed E-state index contributed by atoms with van der Waals surface area (Å²) in [5.74, 6) is -0.240. The Morgan fingerprint density at radius 3 is 2.16 bits per heavy atom. The van der Waals surface area contributed by atoms with Crippen LogP contribution in [0.25, 0.3) is 42.1 Å². The third kappa shape index (κ3) is 13.7. The van der Waals surface area contributed by atoms with E-state index in [2.05, 4.69) is 26.1 Å². The van der Waals surface area contributed by atoms with E-state index in [9.17, 15) is 34.5 Å². The molecule has 6 N–H and O–H groups in total. The van der Waals surface area contributed by atoms with Gasteiger partial charge >= 0.3 is 0 Å². The van der Waals surface area contributed by atoms with Gasteiger partial charge in [0.05, 0.1) is 41.0 Å². The summed E-state index contributed by atoms with van der Waals surface area (Å²) in [6.07, 6.45) is 5.27. The number of hydrogen-bond acceptors (Lipinski definition) is 12.